The van der Waals surface area contributed by atoms with Crippen LogP contribution in [0.15, 0.2) is 48.8 Å². The molecule has 2 aromatic rings. The Bertz CT molecular complexity index is 708. The van der Waals surface area contributed by atoms with Crippen LogP contribution in [0, 0.1) is 0 Å². The third-order valence-corrected chi connectivity index (χ3v) is 4.50. The fourth-order valence-electron chi connectivity index (χ4n) is 3.17. The molecule has 0 radical (unpaired) electrons. The first kappa shape index (κ1) is 17.1. The molecule has 0 bridgehead atoms. The summed E-state index contributed by atoms with van der Waals surface area (Å²) in [5.41, 5.74) is 2.10. The van der Waals surface area contributed by atoms with Crippen LogP contribution in [-0.4, -0.2) is 37.3 Å². The highest BCUT2D eigenvalue weighted by Crippen LogP contribution is 2.23. The number of methoxy groups -OCH3 is 1. The lowest BCUT2D eigenvalue weighted by Gasteiger charge is -2.21. The molecule has 132 valence electrons. The number of para-hydroxylation sites is 1. The third kappa shape index (κ3) is 4.21. The van der Waals surface area contributed by atoms with Crippen molar-refractivity contribution in [2.75, 3.05) is 25.1 Å². The molecule has 0 saturated carbocycles. The van der Waals surface area contributed by atoms with E-state index in [1.54, 1.807) is 19.5 Å². The number of ether oxygens (including phenoxy) is 1. The quantitative estimate of drug-likeness (QED) is 0.878. The van der Waals surface area contributed by atoms with Crippen molar-refractivity contribution in [1.82, 2.24) is 15.6 Å². The number of carbonyl (C=O) groups is 1. The first-order valence-corrected chi connectivity index (χ1v) is 8.52. The molecule has 0 unspecified atom stereocenters. The largest absolute Gasteiger partial charge is 0.495 e. The molecule has 2 amide bonds. The number of urea groups is 1. The summed E-state index contributed by atoms with van der Waals surface area (Å²) in [6.07, 6.45) is 4.29. The summed E-state index contributed by atoms with van der Waals surface area (Å²) in [4.78, 5) is 18.7. The minimum Gasteiger partial charge on any atom is -0.495 e. The minimum absolute atomic E-state index is 0.145. The highest BCUT2D eigenvalue weighted by atomic mass is 16.5. The van der Waals surface area contributed by atoms with Crippen LogP contribution in [-0.2, 0) is 0 Å². The van der Waals surface area contributed by atoms with Gasteiger partial charge in [-0.05, 0) is 31.5 Å². The number of benzene rings is 1. The normalized spacial score (nSPS) is 17.8. The van der Waals surface area contributed by atoms with E-state index < -0.39 is 0 Å². The van der Waals surface area contributed by atoms with Crippen molar-refractivity contribution in [3.05, 3.63) is 54.4 Å². The number of hydrogen-bond acceptors (Lipinski definition) is 4. The predicted octanol–water partition coefficient (Wildman–Crippen LogP) is 2.73. The maximum Gasteiger partial charge on any atom is 0.315 e. The Hall–Kier alpha value is -2.76. The molecule has 1 fully saturated rings. The zero-order valence-electron chi connectivity index (χ0n) is 14.6. The van der Waals surface area contributed by atoms with Crippen LogP contribution >= 0.6 is 0 Å². The number of anilines is 1. The fraction of sp³-hybridized carbons (Fsp3) is 0.368. The van der Waals surface area contributed by atoms with Gasteiger partial charge in [-0.2, -0.15) is 0 Å². The summed E-state index contributed by atoms with van der Waals surface area (Å²) >= 11 is 0. The highest BCUT2D eigenvalue weighted by Gasteiger charge is 2.24. The molecule has 1 aliphatic rings. The Labute approximate surface area is 148 Å². The standard InChI is InChI=1S/C19H24N4O2/c1-14(17-8-10-20-12-18(17)25-2)21-19(24)22-15-9-11-23(13-15)16-6-4-3-5-7-16/h3-8,10,12,14-15H,9,11,13H2,1-2H3,(H2,21,22,24)/t14-,15+/m1/s1. The summed E-state index contributed by atoms with van der Waals surface area (Å²) in [7, 11) is 1.60. The minimum atomic E-state index is -0.162. The van der Waals surface area contributed by atoms with Gasteiger partial charge in [0, 0.05) is 36.6 Å². The highest BCUT2D eigenvalue weighted by molar-refractivity contribution is 5.75. The maximum absolute atomic E-state index is 12.3. The van der Waals surface area contributed by atoms with Crippen molar-refractivity contribution in [2.45, 2.75) is 25.4 Å². The molecule has 2 atom stereocenters. The van der Waals surface area contributed by atoms with Crippen molar-refractivity contribution >= 4 is 11.7 Å². The summed E-state index contributed by atoms with van der Waals surface area (Å²) in [5.74, 6) is 0.673. The van der Waals surface area contributed by atoms with Gasteiger partial charge in [-0.1, -0.05) is 18.2 Å². The lowest BCUT2D eigenvalue weighted by atomic mass is 10.1. The summed E-state index contributed by atoms with van der Waals surface area (Å²) in [6.45, 7) is 3.70. The van der Waals surface area contributed by atoms with Crippen molar-refractivity contribution in [1.29, 1.82) is 0 Å². The van der Waals surface area contributed by atoms with Gasteiger partial charge in [-0.15, -0.1) is 0 Å². The molecule has 25 heavy (non-hydrogen) atoms. The van der Waals surface area contributed by atoms with Crippen molar-refractivity contribution in [3.8, 4) is 5.75 Å². The zero-order chi connectivity index (χ0) is 17.6. The van der Waals surface area contributed by atoms with Gasteiger partial charge in [0.25, 0.3) is 0 Å². The van der Waals surface area contributed by atoms with Gasteiger partial charge in [0.05, 0.1) is 19.3 Å². The van der Waals surface area contributed by atoms with Gasteiger partial charge in [0.1, 0.15) is 5.75 Å². The van der Waals surface area contributed by atoms with E-state index in [2.05, 4.69) is 32.7 Å². The van der Waals surface area contributed by atoms with E-state index in [-0.39, 0.29) is 18.1 Å². The number of amides is 2. The Balaban J connectivity index is 1.53. The molecule has 2 heterocycles. The number of rotatable bonds is 5. The molecule has 3 rings (SSSR count). The number of aromatic nitrogens is 1. The monoisotopic (exact) mass is 340 g/mol. The van der Waals surface area contributed by atoms with Crippen LogP contribution in [0.1, 0.15) is 24.9 Å². The molecule has 1 aromatic heterocycles. The molecule has 6 nitrogen and oxygen atoms in total. The van der Waals surface area contributed by atoms with Crippen LogP contribution in [0.5, 0.6) is 5.75 Å². The van der Waals surface area contributed by atoms with Crippen LogP contribution < -0.4 is 20.3 Å². The van der Waals surface area contributed by atoms with Gasteiger partial charge in [-0.25, -0.2) is 4.79 Å². The Morgan fingerprint density at radius 1 is 1.32 bits per heavy atom. The number of nitrogens with one attached hydrogen (secondary N) is 2. The Kier molecular flexibility index (Phi) is 5.38. The molecule has 1 saturated heterocycles. The van der Waals surface area contributed by atoms with Crippen LogP contribution in [0.3, 0.4) is 0 Å². The van der Waals surface area contributed by atoms with Crippen LogP contribution in [0.25, 0.3) is 0 Å². The average Bonchev–Trinajstić information content (AvgIpc) is 3.10. The Morgan fingerprint density at radius 3 is 2.88 bits per heavy atom. The van der Waals surface area contributed by atoms with Gasteiger partial charge in [-0.3, -0.25) is 4.98 Å². The van der Waals surface area contributed by atoms with E-state index in [1.165, 1.54) is 5.69 Å². The van der Waals surface area contributed by atoms with Gasteiger partial charge in [0.2, 0.25) is 0 Å². The van der Waals surface area contributed by atoms with Crippen molar-refractivity contribution < 1.29 is 9.53 Å². The second kappa shape index (κ2) is 7.88. The van der Waals surface area contributed by atoms with E-state index >= 15 is 0 Å². The molecule has 2 N–H and O–H groups in total. The van der Waals surface area contributed by atoms with Crippen LogP contribution in [0.4, 0.5) is 10.5 Å². The van der Waals surface area contributed by atoms with E-state index in [0.717, 1.165) is 25.1 Å². The van der Waals surface area contributed by atoms with Gasteiger partial charge < -0.3 is 20.3 Å². The summed E-state index contributed by atoms with van der Waals surface area (Å²) in [6, 6.07) is 12.0. The van der Waals surface area contributed by atoms with E-state index in [0.29, 0.717) is 5.75 Å². The number of carbonyl (C=O) groups excluding carboxylic acids is 1. The second-order valence-electron chi connectivity index (χ2n) is 6.22. The SMILES string of the molecule is COc1cnccc1[C@@H](C)NC(=O)N[C@H]1CCN(c2ccccc2)C1. The first-order valence-electron chi connectivity index (χ1n) is 8.52. The van der Waals surface area contributed by atoms with Crippen LogP contribution in [0.2, 0.25) is 0 Å². The molecule has 0 spiro atoms. The summed E-state index contributed by atoms with van der Waals surface area (Å²) in [5, 5.41) is 6.04. The maximum atomic E-state index is 12.3. The smallest absolute Gasteiger partial charge is 0.315 e. The van der Waals surface area contributed by atoms with E-state index in [1.807, 2.05) is 31.2 Å². The molecular weight excluding hydrogens is 316 g/mol. The topological polar surface area (TPSA) is 66.5 Å². The first-order chi connectivity index (χ1) is 12.2. The molecule has 0 aliphatic carbocycles. The van der Waals surface area contributed by atoms with Gasteiger partial charge >= 0.3 is 6.03 Å². The lowest BCUT2D eigenvalue weighted by molar-refractivity contribution is 0.234. The molecular formula is C19H24N4O2. The molecule has 1 aromatic carbocycles. The number of hydrogen-bond donors (Lipinski definition) is 2. The third-order valence-electron chi connectivity index (χ3n) is 4.50. The Morgan fingerprint density at radius 2 is 2.12 bits per heavy atom. The number of nitrogens with zero attached hydrogens (tertiary/aromatic N) is 2. The second-order valence-corrected chi connectivity index (χ2v) is 6.22. The lowest BCUT2D eigenvalue weighted by Crippen LogP contribution is -2.44. The van der Waals surface area contributed by atoms with E-state index in [9.17, 15) is 4.79 Å². The number of pyridine rings is 1. The predicted molar refractivity (Wildman–Crippen MR) is 97.9 cm³/mol. The van der Waals surface area contributed by atoms with Gasteiger partial charge in [0.15, 0.2) is 0 Å². The van der Waals surface area contributed by atoms with E-state index in [4.69, 9.17) is 4.74 Å². The zero-order valence-corrected chi connectivity index (χ0v) is 14.6. The van der Waals surface area contributed by atoms with Crippen molar-refractivity contribution in [3.63, 3.8) is 0 Å². The molecule has 6 heteroatoms. The average molecular weight is 340 g/mol. The fourth-order valence-corrected chi connectivity index (χ4v) is 3.17. The summed E-state index contributed by atoms with van der Waals surface area (Å²) < 4.78 is 5.30. The van der Waals surface area contributed by atoms with Crippen molar-refractivity contribution in [2.24, 2.45) is 0 Å². The molecule has 1 aliphatic heterocycles.